The van der Waals surface area contributed by atoms with Gasteiger partial charge >= 0.3 is 0 Å². The molecule has 1 aromatic carbocycles. The van der Waals surface area contributed by atoms with E-state index in [0.717, 1.165) is 35.0 Å². The fraction of sp³-hybridized carbons (Fsp3) is 0.385. The van der Waals surface area contributed by atoms with Gasteiger partial charge in [0.2, 0.25) is 0 Å². The van der Waals surface area contributed by atoms with Gasteiger partial charge in [-0.3, -0.25) is 0 Å². The summed E-state index contributed by atoms with van der Waals surface area (Å²) in [7, 11) is 0. The van der Waals surface area contributed by atoms with Crippen molar-refractivity contribution in [3.63, 3.8) is 0 Å². The summed E-state index contributed by atoms with van der Waals surface area (Å²) in [6.07, 6.45) is 9.55. The van der Waals surface area contributed by atoms with Crippen LogP contribution < -0.4 is 0 Å². The molecule has 30 heavy (non-hydrogen) atoms. The smallest absolute Gasteiger partial charge is 0.105 e. The summed E-state index contributed by atoms with van der Waals surface area (Å²) in [5.74, 6) is 0.433. The highest BCUT2D eigenvalue weighted by Gasteiger charge is 2.26. The van der Waals surface area contributed by atoms with Crippen LogP contribution in [0.4, 0.5) is 5.69 Å². The number of benzene rings is 1. The van der Waals surface area contributed by atoms with Crippen molar-refractivity contribution in [3.05, 3.63) is 74.7 Å². The summed E-state index contributed by atoms with van der Waals surface area (Å²) in [6, 6.07) is 6.49. The lowest BCUT2D eigenvalue weighted by atomic mass is 9.97. The van der Waals surface area contributed by atoms with E-state index in [0.29, 0.717) is 5.92 Å². The molecule has 0 aromatic heterocycles. The minimum Gasteiger partial charge on any atom is -0.250 e. The molecule has 0 bridgehead atoms. The number of rotatable bonds is 2. The van der Waals surface area contributed by atoms with Crippen molar-refractivity contribution in [1.82, 2.24) is 0 Å². The largest absolute Gasteiger partial charge is 0.250 e. The Hall–Kier alpha value is -1.78. The maximum Gasteiger partial charge on any atom is 0.105 e. The Labute approximate surface area is 190 Å². The Morgan fingerprint density at radius 1 is 1.23 bits per heavy atom. The minimum atomic E-state index is 0.433. The van der Waals surface area contributed by atoms with Gasteiger partial charge in [-0.2, -0.15) is 0 Å². The van der Waals surface area contributed by atoms with Crippen molar-refractivity contribution >= 4 is 39.3 Å². The van der Waals surface area contributed by atoms with E-state index in [-0.39, 0.29) is 0 Å². The molecule has 4 heteroatoms. The van der Waals surface area contributed by atoms with Gasteiger partial charge in [0, 0.05) is 6.20 Å². The second-order valence-corrected chi connectivity index (χ2v) is 10.4. The van der Waals surface area contributed by atoms with Gasteiger partial charge in [0.1, 0.15) is 10.1 Å². The zero-order chi connectivity index (χ0) is 21.7. The zero-order valence-electron chi connectivity index (χ0n) is 19.0. The van der Waals surface area contributed by atoms with Gasteiger partial charge in [0.05, 0.1) is 5.69 Å². The number of hydrogen-bond donors (Lipinski definition) is 0. The third-order valence-electron chi connectivity index (χ3n) is 5.31. The van der Waals surface area contributed by atoms with Crippen LogP contribution in [0.3, 0.4) is 0 Å². The SMILES string of the molecule is CC1=CC(S/C=C2/C(=Nc3ccc(C)cc3C)SC(=C(C)C)CC2C)=N/C=C\CC1. The molecule has 0 N–H and O–H groups in total. The van der Waals surface area contributed by atoms with Crippen molar-refractivity contribution in [2.45, 2.75) is 60.8 Å². The maximum atomic E-state index is 5.13. The predicted octanol–water partition coefficient (Wildman–Crippen LogP) is 8.67. The van der Waals surface area contributed by atoms with Gasteiger partial charge in [-0.05, 0) is 93.4 Å². The van der Waals surface area contributed by atoms with E-state index in [2.05, 4.69) is 82.3 Å². The van der Waals surface area contributed by atoms with E-state index in [1.54, 1.807) is 11.8 Å². The molecule has 0 spiro atoms. The fourth-order valence-electron chi connectivity index (χ4n) is 3.44. The molecule has 2 heterocycles. The number of aryl methyl sites for hydroxylation is 2. The summed E-state index contributed by atoms with van der Waals surface area (Å²) >= 11 is 3.55. The third kappa shape index (κ3) is 6.12. The predicted molar refractivity (Wildman–Crippen MR) is 138 cm³/mol. The number of thioether (sulfide) groups is 2. The summed E-state index contributed by atoms with van der Waals surface area (Å²) in [5.41, 5.74) is 7.64. The van der Waals surface area contributed by atoms with Crippen LogP contribution >= 0.6 is 23.5 Å². The van der Waals surface area contributed by atoms with E-state index < -0.39 is 0 Å². The molecule has 158 valence electrons. The van der Waals surface area contributed by atoms with Crippen molar-refractivity contribution in [2.75, 3.05) is 0 Å². The monoisotopic (exact) mass is 436 g/mol. The van der Waals surface area contributed by atoms with Crippen LogP contribution in [-0.4, -0.2) is 10.1 Å². The first-order valence-corrected chi connectivity index (χ1v) is 12.3. The highest BCUT2D eigenvalue weighted by atomic mass is 32.2. The van der Waals surface area contributed by atoms with Gasteiger partial charge in [0.15, 0.2) is 0 Å². The second kappa shape index (κ2) is 10.5. The molecular formula is C26H32N2S2. The first-order chi connectivity index (χ1) is 14.3. The average Bonchev–Trinajstić information content (AvgIpc) is 2.66. The Balaban J connectivity index is 1.98. The highest BCUT2D eigenvalue weighted by molar-refractivity contribution is 8.18. The van der Waals surface area contributed by atoms with Crippen LogP contribution in [-0.2, 0) is 0 Å². The molecule has 0 aliphatic carbocycles. The molecule has 1 saturated heterocycles. The fourth-order valence-corrected chi connectivity index (χ4v) is 5.79. The number of nitrogens with zero attached hydrogens (tertiary/aromatic N) is 2. The van der Waals surface area contributed by atoms with Crippen LogP contribution in [0, 0.1) is 19.8 Å². The van der Waals surface area contributed by atoms with E-state index in [1.165, 1.54) is 32.8 Å². The normalized spacial score (nSPS) is 23.7. The number of hydrogen-bond acceptors (Lipinski definition) is 4. The lowest BCUT2D eigenvalue weighted by molar-refractivity contribution is 0.710. The summed E-state index contributed by atoms with van der Waals surface area (Å²) in [4.78, 5) is 11.2. The molecule has 0 saturated carbocycles. The molecule has 0 amide bonds. The van der Waals surface area contributed by atoms with Crippen LogP contribution in [0.25, 0.3) is 0 Å². The standard InChI is InChI=1S/C26H32N2S2/c1-17(2)24-15-20(5)22(16-29-25-14-18(3)9-7-8-12-27-25)26(30-24)28-23-11-10-19(4)13-21(23)6/h8,10-14,16,20H,7,9,15H2,1-6H3/b12-8-,18-14?,22-16+,27-25?,28-26?. The molecule has 0 radical (unpaired) electrons. The molecule has 3 rings (SSSR count). The lowest BCUT2D eigenvalue weighted by Crippen LogP contribution is -2.15. The second-order valence-electron chi connectivity index (χ2n) is 8.41. The van der Waals surface area contributed by atoms with Crippen molar-refractivity contribution < 1.29 is 0 Å². The Kier molecular flexibility index (Phi) is 8.01. The molecule has 2 aliphatic heterocycles. The Morgan fingerprint density at radius 2 is 2.03 bits per heavy atom. The molecular weight excluding hydrogens is 404 g/mol. The van der Waals surface area contributed by atoms with Gasteiger partial charge < -0.3 is 0 Å². The maximum absolute atomic E-state index is 5.13. The van der Waals surface area contributed by atoms with E-state index in [1.807, 2.05) is 18.0 Å². The highest BCUT2D eigenvalue weighted by Crippen LogP contribution is 2.42. The van der Waals surface area contributed by atoms with Crippen molar-refractivity contribution in [2.24, 2.45) is 15.9 Å². The average molecular weight is 437 g/mol. The van der Waals surface area contributed by atoms with Crippen LogP contribution in [0.5, 0.6) is 0 Å². The van der Waals surface area contributed by atoms with E-state index in [4.69, 9.17) is 4.99 Å². The van der Waals surface area contributed by atoms with Crippen LogP contribution in [0.1, 0.15) is 58.1 Å². The Morgan fingerprint density at radius 3 is 2.77 bits per heavy atom. The quantitative estimate of drug-likeness (QED) is 0.463. The molecule has 1 atom stereocenters. The lowest BCUT2D eigenvalue weighted by Gasteiger charge is -2.26. The Bertz CT molecular complexity index is 986. The first-order valence-electron chi connectivity index (χ1n) is 10.6. The summed E-state index contributed by atoms with van der Waals surface area (Å²) in [5, 5.41) is 4.44. The molecule has 2 aliphatic rings. The topological polar surface area (TPSA) is 24.7 Å². The number of allylic oxidation sites excluding steroid dienone is 4. The molecule has 1 unspecified atom stereocenters. The zero-order valence-corrected chi connectivity index (χ0v) is 20.6. The summed E-state index contributed by atoms with van der Waals surface area (Å²) < 4.78 is 0. The molecule has 1 fully saturated rings. The van der Waals surface area contributed by atoms with Gasteiger partial charge in [0.25, 0.3) is 0 Å². The van der Waals surface area contributed by atoms with Crippen LogP contribution in [0.2, 0.25) is 0 Å². The van der Waals surface area contributed by atoms with Crippen molar-refractivity contribution in [1.29, 1.82) is 0 Å². The van der Waals surface area contributed by atoms with Crippen LogP contribution in [0.15, 0.2) is 73.6 Å². The van der Waals surface area contributed by atoms with Crippen molar-refractivity contribution in [3.8, 4) is 0 Å². The van der Waals surface area contributed by atoms with Gasteiger partial charge in [-0.25, -0.2) is 9.98 Å². The first kappa shape index (κ1) is 22.9. The van der Waals surface area contributed by atoms with Gasteiger partial charge in [-0.1, -0.05) is 65.4 Å². The number of aliphatic imine (C=N–C) groups is 2. The molecule has 1 aromatic rings. The van der Waals surface area contributed by atoms with E-state index in [9.17, 15) is 0 Å². The molecule has 2 nitrogen and oxygen atoms in total. The van der Waals surface area contributed by atoms with E-state index >= 15 is 0 Å². The third-order valence-corrected chi connectivity index (χ3v) is 7.49. The van der Waals surface area contributed by atoms with Gasteiger partial charge in [-0.15, -0.1) is 0 Å². The summed E-state index contributed by atoms with van der Waals surface area (Å²) in [6.45, 7) is 13.2. The minimum absolute atomic E-state index is 0.433.